The molecule has 1 heterocycles. The Morgan fingerprint density at radius 1 is 1.28 bits per heavy atom. The minimum absolute atomic E-state index is 0.292. The van der Waals surface area contributed by atoms with Crippen molar-refractivity contribution in [3.05, 3.63) is 50.6 Å². The van der Waals surface area contributed by atoms with Crippen LogP contribution in [-0.2, 0) is 6.42 Å². The molecule has 0 spiro atoms. The largest absolute Gasteiger partial charge is 0.392 e. The summed E-state index contributed by atoms with van der Waals surface area (Å²) in [5, 5.41) is 10.0. The van der Waals surface area contributed by atoms with Gasteiger partial charge in [-0.2, -0.15) is 0 Å². The number of hydrogen-bond acceptors (Lipinski definition) is 3. The molecule has 0 saturated carbocycles. The van der Waals surface area contributed by atoms with Crippen LogP contribution in [0, 0.1) is 6.92 Å². The van der Waals surface area contributed by atoms with Crippen molar-refractivity contribution in [2.24, 2.45) is 0 Å². The van der Waals surface area contributed by atoms with Crippen molar-refractivity contribution in [1.29, 1.82) is 0 Å². The molecule has 1 aromatic carbocycles. The predicted octanol–water partition coefficient (Wildman–Crippen LogP) is 4.51. The summed E-state index contributed by atoms with van der Waals surface area (Å²) in [4.78, 5) is 2.48. The van der Waals surface area contributed by atoms with Crippen LogP contribution in [0.5, 0.6) is 0 Å². The van der Waals surface area contributed by atoms with Crippen LogP contribution in [0.2, 0.25) is 0 Å². The first-order valence-electron chi connectivity index (χ1n) is 5.76. The summed E-state index contributed by atoms with van der Waals surface area (Å²) >= 11 is 6.85. The van der Waals surface area contributed by atoms with Crippen LogP contribution in [0.3, 0.4) is 0 Å². The normalized spacial score (nSPS) is 12.6. The van der Waals surface area contributed by atoms with Gasteiger partial charge in [0.2, 0.25) is 0 Å². The van der Waals surface area contributed by atoms with E-state index in [4.69, 9.17) is 0 Å². The summed E-state index contributed by atoms with van der Waals surface area (Å²) in [6.07, 6.45) is 0.440. The standard InChI is InChI=1S/C14H15BrOS2/c1-10-4-2-3-5-13(10)17-9-11(16)8-12-6-7-14(15)18-12/h2-7,11,16H,8-9H2,1H3. The Hall–Kier alpha value is -0.290. The zero-order chi connectivity index (χ0) is 13.0. The van der Waals surface area contributed by atoms with Crippen molar-refractivity contribution < 1.29 is 5.11 Å². The van der Waals surface area contributed by atoms with Crippen molar-refractivity contribution in [3.63, 3.8) is 0 Å². The predicted molar refractivity (Wildman–Crippen MR) is 83.6 cm³/mol. The molecule has 2 aromatic rings. The summed E-state index contributed by atoms with van der Waals surface area (Å²) < 4.78 is 1.12. The quantitative estimate of drug-likeness (QED) is 0.806. The molecule has 1 unspecified atom stereocenters. The van der Waals surface area contributed by atoms with Gasteiger partial charge < -0.3 is 5.11 Å². The van der Waals surface area contributed by atoms with E-state index in [2.05, 4.69) is 41.1 Å². The van der Waals surface area contributed by atoms with Gasteiger partial charge in [-0.05, 0) is 46.6 Å². The van der Waals surface area contributed by atoms with Gasteiger partial charge in [-0.15, -0.1) is 23.1 Å². The molecule has 0 radical (unpaired) electrons. The van der Waals surface area contributed by atoms with Gasteiger partial charge in [0, 0.05) is 21.9 Å². The lowest BCUT2D eigenvalue weighted by Gasteiger charge is -2.10. The highest BCUT2D eigenvalue weighted by Gasteiger charge is 2.09. The second kappa shape index (κ2) is 6.75. The van der Waals surface area contributed by atoms with E-state index in [1.165, 1.54) is 15.3 Å². The highest BCUT2D eigenvalue weighted by atomic mass is 79.9. The molecular weight excluding hydrogens is 328 g/mol. The molecule has 1 nitrogen and oxygen atoms in total. The fourth-order valence-electron chi connectivity index (χ4n) is 1.66. The van der Waals surface area contributed by atoms with Crippen LogP contribution in [0.25, 0.3) is 0 Å². The molecule has 4 heteroatoms. The number of aliphatic hydroxyl groups excluding tert-OH is 1. The van der Waals surface area contributed by atoms with Gasteiger partial charge in [-0.1, -0.05) is 18.2 Å². The van der Waals surface area contributed by atoms with E-state index in [9.17, 15) is 5.11 Å². The maximum absolute atomic E-state index is 10.0. The third kappa shape index (κ3) is 4.12. The van der Waals surface area contributed by atoms with Crippen LogP contribution in [0.1, 0.15) is 10.4 Å². The summed E-state index contributed by atoms with van der Waals surface area (Å²) in [5.41, 5.74) is 1.27. The summed E-state index contributed by atoms with van der Waals surface area (Å²) in [5.74, 6) is 0.736. The van der Waals surface area contributed by atoms with E-state index in [0.29, 0.717) is 0 Å². The average Bonchev–Trinajstić information content (AvgIpc) is 2.74. The van der Waals surface area contributed by atoms with Gasteiger partial charge >= 0.3 is 0 Å². The number of rotatable bonds is 5. The number of aryl methyl sites for hydroxylation is 1. The smallest absolute Gasteiger partial charge is 0.0701 e. The molecule has 0 aliphatic heterocycles. The Morgan fingerprint density at radius 2 is 2.06 bits per heavy atom. The first kappa shape index (κ1) is 14.1. The maximum Gasteiger partial charge on any atom is 0.0701 e. The van der Waals surface area contributed by atoms with Crippen molar-refractivity contribution in [2.75, 3.05) is 5.75 Å². The first-order valence-corrected chi connectivity index (χ1v) is 8.35. The van der Waals surface area contributed by atoms with Crippen LogP contribution in [0.4, 0.5) is 0 Å². The number of thioether (sulfide) groups is 1. The van der Waals surface area contributed by atoms with Gasteiger partial charge in [0.15, 0.2) is 0 Å². The topological polar surface area (TPSA) is 20.2 Å². The molecule has 1 aromatic heterocycles. The van der Waals surface area contributed by atoms with Gasteiger partial charge in [-0.25, -0.2) is 0 Å². The molecule has 18 heavy (non-hydrogen) atoms. The lowest BCUT2D eigenvalue weighted by molar-refractivity contribution is 0.201. The fraction of sp³-hybridized carbons (Fsp3) is 0.286. The minimum atomic E-state index is -0.292. The Morgan fingerprint density at radius 3 is 2.72 bits per heavy atom. The monoisotopic (exact) mass is 342 g/mol. The van der Waals surface area contributed by atoms with Crippen molar-refractivity contribution in [3.8, 4) is 0 Å². The second-order valence-corrected chi connectivity index (χ2v) is 7.75. The fourth-order valence-corrected chi connectivity index (χ4v) is 4.17. The van der Waals surface area contributed by atoms with E-state index in [0.717, 1.165) is 16.0 Å². The van der Waals surface area contributed by atoms with E-state index in [1.54, 1.807) is 23.1 Å². The molecule has 0 aliphatic carbocycles. The highest BCUT2D eigenvalue weighted by molar-refractivity contribution is 9.11. The lowest BCUT2D eigenvalue weighted by atomic mass is 10.2. The number of halogens is 1. The second-order valence-electron chi connectivity index (χ2n) is 4.14. The molecule has 0 amide bonds. The lowest BCUT2D eigenvalue weighted by Crippen LogP contribution is -2.12. The summed E-state index contributed by atoms with van der Waals surface area (Å²) in [6.45, 7) is 2.10. The van der Waals surface area contributed by atoms with Crippen LogP contribution in [0.15, 0.2) is 45.1 Å². The average molecular weight is 343 g/mol. The van der Waals surface area contributed by atoms with E-state index < -0.39 is 0 Å². The first-order chi connectivity index (χ1) is 8.65. The zero-order valence-corrected chi connectivity index (χ0v) is 13.3. The van der Waals surface area contributed by atoms with Gasteiger partial charge in [0.25, 0.3) is 0 Å². The van der Waals surface area contributed by atoms with Crippen LogP contribution < -0.4 is 0 Å². The Bertz CT molecular complexity index is 510. The Kier molecular flexibility index (Phi) is 5.30. The molecule has 0 aliphatic rings. The molecule has 0 saturated heterocycles. The molecule has 96 valence electrons. The maximum atomic E-state index is 10.0. The highest BCUT2D eigenvalue weighted by Crippen LogP contribution is 2.26. The van der Waals surface area contributed by atoms with Crippen LogP contribution in [-0.4, -0.2) is 17.0 Å². The molecular formula is C14H15BrOS2. The number of aliphatic hydroxyl groups is 1. The third-order valence-electron chi connectivity index (χ3n) is 2.59. The van der Waals surface area contributed by atoms with Gasteiger partial charge in [0.1, 0.15) is 0 Å². The SMILES string of the molecule is Cc1ccccc1SCC(O)Cc1ccc(Br)s1. The van der Waals surface area contributed by atoms with Crippen LogP contribution >= 0.6 is 39.0 Å². The number of thiophene rings is 1. The van der Waals surface area contributed by atoms with E-state index >= 15 is 0 Å². The van der Waals surface area contributed by atoms with Crippen molar-refractivity contribution in [1.82, 2.24) is 0 Å². The van der Waals surface area contributed by atoms with E-state index in [1.807, 2.05) is 18.2 Å². The summed E-state index contributed by atoms with van der Waals surface area (Å²) in [6, 6.07) is 12.4. The molecule has 1 atom stereocenters. The molecule has 0 fully saturated rings. The minimum Gasteiger partial charge on any atom is -0.392 e. The van der Waals surface area contributed by atoms with Crippen molar-refractivity contribution in [2.45, 2.75) is 24.3 Å². The third-order valence-corrected chi connectivity index (χ3v) is 5.56. The number of benzene rings is 1. The zero-order valence-electron chi connectivity index (χ0n) is 10.1. The number of hydrogen-bond donors (Lipinski definition) is 1. The molecule has 1 N–H and O–H groups in total. The van der Waals surface area contributed by atoms with Gasteiger partial charge in [0.05, 0.1) is 9.89 Å². The van der Waals surface area contributed by atoms with Gasteiger partial charge in [-0.3, -0.25) is 0 Å². The molecule has 0 bridgehead atoms. The Labute approximate surface area is 124 Å². The van der Waals surface area contributed by atoms with E-state index in [-0.39, 0.29) is 6.10 Å². The van der Waals surface area contributed by atoms with Crippen molar-refractivity contribution >= 4 is 39.0 Å². The molecule has 2 rings (SSSR count). The summed E-state index contributed by atoms with van der Waals surface area (Å²) in [7, 11) is 0. The Balaban J connectivity index is 1.85.